The van der Waals surface area contributed by atoms with Crippen LogP contribution in [0.4, 0.5) is 0 Å². The number of rotatable bonds is 2. The lowest BCUT2D eigenvalue weighted by atomic mass is 10.0. The summed E-state index contributed by atoms with van der Waals surface area (Å²) in [5.74, 6) is 0. The van der Waals surface area contributed by atoms with E-state index in [1.54, 1.807) is 17.8 Å². The zero-order valence-corrected chi connectivity index (χ0v) is 15.1. The highest BCUT2D eigenvalue weighted by molar-refractivity contribution is 8.00. The number of piperidine rings is 1. The normalized spacial score (nSPS) is 27.7. The highest BCUT2D eigenvalue weighted by Crippen LogP contribution is 2.46. The van der Waals surface area contributed by atoms with Crippen molar-refractivity contribution in [1.82, 2.24) is 9.88 Å². The first kappa shape index (κ1) is 15.8. The topological polar surface area (TPSA) is 36.1 Å². The molecule has 4 rings (SSSR count). The van der Waals surface area contributed by atoms with Gasteiger partial charge in [-0.15, -0.1) is 11.8 Å². The molecule has 2 fully saturated rings. The van der Waals surface area contributed by atoms with Crippen molar-refractivity contribution in [2.24, 2.45) is 0 Å². The van der Waals surface area contributed by atoms with E-state index in [4.69, 9.17) is 23.2 Å². The van der Waals surface area contributed by atoms with E-state index < -0.39 is 0 Å². The molecule has 0 saturated carbocycles. The zero-order valence-electron chi connectivity index (χ0n) is 12.8. The van der Waals surface area contributed by atoms with Gasteiger partial charge in [0.05, 0.1) is 15.6 Å². The average molecular weight is 369 g/mol. The first-order valence-electron chi connectivity index (χ1n) is 7.92. The summed E-state index contributed by atoms with van der Waals surface area (Å²) in [6, 6.07) is 6.48. The maximum Gasteiger partial charge on any atom is 0.248 e. The molecule has 3 heterocycles. The molecule has 122 valence electrons. The van der Waals surface area contributed by atoms with Crippen LogP contribution in [0.15, 0.2) is 27.9 Å². The molecule has 23 heavy (non-hydrogen) atoms. The van der Waals surface area contributed by atoms with Crippen LogP contribution in [0.2, 0.25) is 10.0 Å². The van der Waals surface area contributed by atoms with Crippen molar-refractivity contribution in [3.63, 3.8) is 0 Å². The van der Waals surface area contributed by atoms with Gasteiger partial charge in [-0.25, -0.2) is 0 Å². The lowest BCUT2D eigenvalue weighted by molar-refractivity contribution is 0.183. The van der Waals surface area contributed by atoms with Gasteiger partial charge >= 0.3 is 0 Å². The number of nitrogens with zero attached hydrogens (tertiary/aromatic N) is 1. The van der Waals surface area contributed by atoms with Gasteiger partial charge in [-0.05, 0) is 44.9 Å². The van der Waals surface area contributed by atoms with Crippen LogP contribution in [0.25, 0.3) is 10.9 Å². The van der Waals surface area contributed by atoms with Gasteiger partial charge in [0.25, 0.3) is 0 Å². The van der Waals surface area contributed by atoms with Crippen LogP contribution in [0.1, 0.15) is 25.7 Å². The lowest BCUT2D eigenvalue weighted by Gasteiger charge is -2.36. The van der Waals surface area contributed by atoms with Gasteiger partial charge in [-0.1, -0.05) is 23.2 Å². The van der Waals surface area contributed by atoms with Gasteiger partial charge < -0.3 is 9.88 Å². The predicted molar refractivity (Wildman–Crippen MR) is 98.0 cm³/mol. The summed E-state index contributed by atoms with van der Waals surface area (Å²) in [5, 5.41) is 2.69. The van der Waals surface area contributed by atoms with E-state index in [-0.39, 0.29) is 5.56 Å². The highest BCUT2D eigenvalue weighted by atomic mass is 35.5. The maximum absolute atomic E-state index is 11.5. The number of pyridine rings is 1. The van der Waals surface area contributed by atoms with E-state index >= 15 is 0 Å². The van der Waals surface area contributed by atoms with E-state index in [0.717, 1.165) is 10.3 Å². The predicted octanol–water partition coefficient (Wildman–Crippen LogP) is 4.55. The fourth-order valence-corrected chi connectivity index (χ4v) is 6.09. The number of thioether (sulfide) groups is 1. The van der Waals surface area contributed by atoms with Crippen LogP contribution in [-0.4, -0.2) is 34.3 Å². The third kappa shape index (κ3) is 2.80. The standard InChI is InChI=1S/C17H18Cl2N2OS/c1-21-9-2-3-10(21)7-11(6-9)23-17-13(18)8-14-12(16(17)19)4-5-15(22)20-14/h4-5,8-11H,2-3,6-7H2,1H3,(H,20,22)/t9-,10+,11-. The first-order chi connectivity index (χ1) is 11.0. The van der Waals surface area contributed by atoms with Crippen LogP contribution in [0.5, 0.6) is 0 Å². The average Bonchev–Trinajstić information content (AvgIpc) is 2.73. The molecule has 0 unspecified atom stereocenters. The molecule has 2 aliphatic rings. The summed E-state index contributed by atoms with van der Waals surface area (Å²) in [4.78, 5) is 17.7. The van der Waals surface area contributed by atoms with Crippen LogP contribution in [0, 0.1) is 0 Å². The Kier molecular flexibility index (Phi) is 4.12. The smallest absolute Gasteiger partial charge is 0.248 e. The molecule has 0 amide bonds. The molecule has 1 aromatic heterocycles. The molecule has 1 N–H and O–H groups in total. The second-order valence-electron chi connectivity index (χ2n) is 6.55. The minimum absolute atomic E-state index is 0.142. The van der Waals surface area contributed by atoms with Crippen molar-refractivity contribution in [1.29, 1.82) is 0 Å². The Balaban J connectivity index is 1.67. The minimum atomic E-state index is -0.142. The highest BCUT2D eigenvalue weighted by Gasteiger charge is 2.39. The molecule has 3 nitrogen and oxygen atoms in total. The number of halogens is 2. The fraction of sp³-hybridized carbons (Fsp3) is 0.471. The third-order valence-corrected chi connectivity index (χ3v) is 7.51. The van der Waals surface area contributed by atoms with Gasteiger partial charge in [0, 0.05) is 33.7 Å². The van der Waals surface area contributed by atoms with Gasteiger partial charge in [-0.3, -0.25) is 4.79 Å². The van der Waals surface area contributed by atoms with Crippen molar-refractivity contribution in [3.8, 4) is 0 Å². The van der Waals surface area contributed by atoms with Crippen molar-refractivity contribution in [2.45, 2.75) is 47.9 Å². The number of nitrogens with one attached hydrogen (secondary N) is 1. The Bertz CT molecular complexity index is 808. The van der Waals surface area contributed by atoms with Gasteiger partial charge in [-0.2, -0.15) is 0 Å². The summed E-state index contributed by atoms with van der Waals surface area (Å²) >= 11 is 14.9. The largest absolute Gasteiger partial charge is 0.322 e. The molecule has 2 aromatic rings. The number of H-pyrrole nitrogens is 1. The molecule has 3 atom stereocenters. The number of benzene rings is 1. The molecule has 0 radical (unpaired) electrons. The summed E-state index contributed by atoms with van der Waals surface area (Å²) < 4.78 is 0. The second kappa shape index (κ2) is 5.99. The van der Waals surface area contributed by atoms with Crippen molar-refractivity contribution in [3.05, 3.63) is 38.6 Å². The molecule has 1 aromatic carbocycles. The third-order valence-electron chi connectivity index (χ3n) is 5.21. The Labute approximate surface area is 149 Å². The van der Waals surface area contributed by atoms with Crippen LogP contribution < -0.4 is 5.56 Å². The molecule has 2 saturated heterocycles. The number of aromatic nitrogens is 1. The van der Waals surface area contributed by atoms with Crippen molar-refractivity contribution >= 4 is 45.9 Å². The van der Waals surface area contributed by atoms with E-state index in [1.807, 2.05) is 6.07 Å². The number of hydrogen-bond acceptors (Lipinski definition) is 3. The van der Waals surface area contributed by atoms with Crippen LogP contribution in [-0.2, 0) is 0 Å². The number of hydrogen-bond donors (Lipinski definition) is 1. The molecular weight excluding hydrogens is 351 g/mol. The molecule has 2 bridgehead atoms. The fourth-order valence-electron chi connectivity index (χ4n) is 3.95. The maximum atomic E-state index is 11.5. The van der Waals surface area contributed by atoms with Crippen molar-refractivity contribution in [2.75, 3.05) is 7.05 Å². The van der Waals surface area contributed by atoms with Gasteiger partial charge in [0.15, 0.2) is 0 Å². The summed E-state index contributed by atoms with van der Waals surface area (Å²) in [7, 11) is 2.25. The number of aromatic amines is 1. The van der Waals surface area contributed by atoms with Crippen LogP contribution in [0.3, 0.4) is 0 Å². The Morgan fingerprint density at radius 2 is 1.91 bits per heavy atom. The second-order valence-corrected chi connectivity index (χ2v) is 8.64. The molecule has 0 aliphatic carbocycles. The first-order valence-corrected chi connectivity index (χ1v) is 9.56. The Hall–Kier alpha value is -0.680. The molecule has 2 aliphatic heterocycles. The monoisotopic (exact) mass is 368 g/mol. The zero-order chi connectivity index (χ0) is 16.1. The summed E-state index contributed by atoms with van der Waals surface area (Å²) in [5.41, 5.74) is 0.553. The minimum Gasteiger partial charge on any atom is -0.322 e. The summed E-state index contributed by atoms with van der Waals surface area (Å²) in [6.45, 7) is 0. The molecule has 6 heteroatoms. The van der Waals surface area contributed by atoms with Gasteiger partial charge in [0.1, 0.15) is 0 Å². The quantitative estimate of drug-likeness (QED) is 0.844. The molecule has 0 spiro atoms. The van der Waals surface area contributed by atoms with E-state index in [1.165, 1.54) is 31.7 Å². The van der Waals surface area contributed by atoms with E-state index in [2.05, 4.69) is 16.9 Å². The van der Waals surface area contributed by atoms with Crippen LogP contribution >= 0.6 is 35.0 Å². The van der Waals surface area contributed by atoms with E-state index in [9.17, 15) is 4.79 Å². The van der Waals surface area contributed by atoms with Crippen molar-refractivity contribution < 1.29 is 0 Å². The summed E-state index contributed by atoms with van der Waals surface area (Å²) in [6.07, 6.45) is 4.99. The van der Waals surface area contributed by atoms with E-state index in [0.29, 0.717) is 32.9 Å². The Morgan fingerprint density at radius 1 is 1.22 bits per heavy atom. The Morgan fingerprint density at radius 3 is 2.61 bits per heavy atom. The number of fused-ring (bicyclic) bond motifs is 3. The lowest BCUT2D eigenvalue weighted by Crippen LogP contribution is -2.40. The molecular formula is C17H18Cl2N2OS. The SMILES string of the molecule is CN1[C@@H]2CC[C@H]1C[C@H](Sc1c(Cl)cc3[nH]c(=O)ccc3c1Cl)C2. The van der Waals surface area contributed by atoms with Gasteiger partial charge in [0.2, 0.25) is 5.56 Å².